The zero-order chi connectivity index (χ0) is 23.7. The summed E-state index contributed by atoms with van der Waals surface area (Å²) in [5, 5.41) is 12.2. The minimum absolute atomic E-state index is 0.128. The molecule has 2 unspecified atom stereocenters. The van der Waals surface area contributed by atoms with Crippen LogP contribution in [0.4, 0.5) is 5.69 Å². The van der Waals surface area contributed by atoms with Crippen molar-refractivity contribution in [3.8, 4) is 5.75 Å². The van der Waals surface area contributed by atoms with Crippen molar-refractivity contribution in [3.63, 3.8) is 0 Å². The van der Waals surface area contributed by atoms with Crippen LogP contribution in [0.25, 0.3) is 0 Å². The van der Waals surface area contributed by atoms with Gasteiger partial charge in [0.25, 0.3) is 0 Å². The van der Waals surface area contributed by atoms with Gasteiger partial charge in [-0.15, -0.1) is 0 Å². The fourth-order valence-electron chi connectivity index (χ4n) is 3.52. The first-order chi connectivity index (χ1) is 14.5. The second-order valence-electron chi connectivity index (χ2n) is 8.96. The van der Waals surface area contributed by atoms with E-state index in [0.29, 0.717) is 44.2 Å². The molecule has 0 saturated carbocycles. The Labute approximate surface area is 185 Å². The molecule has 0 aromatic heterocycles. The van der Waals surface area contributed by atoms with Crippen LogP contribution in [0.5, 0.6) is 5.75 Å². The minimum atomic E-state index is -0.751. The summed E-state index contributed by atoms with van der Waals surface area (Å²) >= 11 is 0. The van der Waals surface area contributed by atoms with Gasteiger partial charge in [0.15, 0.2) is 0 Å². The van der Waals surface area contributed by atoms with Gasteiger partial charge in [0.2, 0.25) is 5.91 Å². The van der Waals surface area contributed by atoms with E-state index >= 15 is 0 Å². The first-order valence-electron chi connectivity index (χ1n) is 10.8. The molecule has 0 radical (unpaired) electrons. The quantitative estimate of drug-likeness (QED) is 0.365. The van der Waals surface area contributed by atoms with E-state index in [2.05, 4.69) is 5.32 Å². The molecule has 1 aromatic rings. The van der Waals surface area contributed by atoms with Gasteiger partial charge < -0.3 is 19.9 Å². The standard InChI is InChI=1S/C24H37NO6/c1-7-17(20(27)30-5)9-8-14-24(4,22(29)31-6)16-15-23(2,3)21(28)25-18-10-12-19(26)13-11-18/h10-13,17,26H,7-9,14-16H2,1-6H3,(H,25,28). The summed E-state index contributed by atoms with van der Waals surface area (Å²) in [5.41, 5.74) is -0.871. The largest absolute Gasteiger partial charge is 0.508 e. The number of esters is 2. The van der Waals surface area contributed by atoms with Crippen LogP contribution in [0.15, 0.2) is 24.3 Å². The molecule has 174 valence electrons. The molecule has 7 heteroatoms. The molecule has 2 N–H and O–H groups in total. The Hall–Kier alpha value is -2.57. The SMILES string of the molecule is CCC(CCCC(C)(CCC(C)(C)C(=O)Nc1ccc(O)cc1)C(=O)OC)C(=O)OC. The molecule has 0 spiro atoms. The highest BCUT2D eigenvalue weighted by molar-refractivity contribution is 5.94. The summed E-state index contributed by atoms with van der Waals surface area (Å²) in [6.45, 7) is 7.47. The Bertz CT molecular complexity index is 743. The van der Waals surface area contributed by atoms with Crippen molar-refractivity contribution in [1.29, 1.82) is 0 Å². The fourth-order valence-corrected chi connectivity index (χ4v) is 3.52. The van der Waals surface area contributed by atoms with Crippen LogP contribution in [-0.2, 0) is 23.9 Å². The number of phenols is 1. The van der Waals surface area contributed by atoms with Gasteiger partial charge in [0.05, 0.1) is 25.6 Å². The van der Waals surface area contributed by atoms with Crippen molar-refractivity contribution < 1.29 is 29.0 Å². The Morgan fingerprint density at radius 2 is 1.61 bits per heavy atom. The Balaban J connectivity index is 2.76. The molecule has 1 rings (SSSR count). The number of nitrogens with one attached hydrogen (secondary N) is 1. The number of methoxy groups -OCH3 is 2. The molecule has 2 atom stereocenters. The highest BCUT2D eigenvalue weighted by Crippen LogP contribution is 2.37. The predicted octanol–water partition coefficient (Wildman–Crippen LogP) is 4.69. The molecule has 7 nitrogen and oxygen atoms in total. The lowest BCUT2D eigenvalue weighted by Crippen LogP contribution is -2.35. The molecule has 0 fully saturated rings. The van der Waals surface area contributed by atoms with Crippen molar-refractivity contribution in [2.24, 2.45) is 16.7 Å². The number of anilines is 1. The lowest BCUT2D eigenvalue weighted by molar-refractivity contribution is -0.153. The van der Waals surface area contributed by atoms with Crippen molar-refractivity contribution in [3.05, 3.63) is 24.3 Å². The van der Waals surface area contributed by atoms with E-state index in [1.165, 1.54) is 26.4 Å². The van der Waals surface area contributed by atoms with E-state index in [1.54, 1.807) is 12.1 Å². The number of amides is 1. The molecular formula is C24H37NO6. The topological polar surface area (TPSA) is 102 Å². The van der Waals surface area contributed by atoms with Gasteiger partial charge in [0, 0.05) is 11.1 Å². The fraction of sp³-hybridized carbons (Fsp3) is 0.625. The minimum Gasteiger partial charge on any atom is -0.508 e. The molecule has 0 saturated heterocycles. The van der Waals surface area contributed by atoms with E-state index in [9.17, 15) is 19.5 Å². The molecule has 1 aromatic carbocycles. The summed E-state index contributed by atoms with van der Waals surface area (Å²) in [7, 11) is 2.75. The van der Waals surface area contributed by atoms with Crippen LogP contribution in [0.3, 0.4) is 0 Å². The van der Waals surface area contributed by atoms with Crippen molar-refractivity contribution in [2.45, 2.75) is 66.2 Å². The van der Waals surface area contributed by atoms with E-state index < -0.39 is 10.8 Å². The van der Waals surface area contributed by atoms with Gasteiger partial charge in [-0.05, 0) is 63.3 Å². The van der Waals surface area contributed by atoms with E-state index in [0.717, 1.165) is 0 Å². The van der Waals surface area contributed by atoms with E-state index in [4.69, 9.17) is 9.47 Å². The Morgan fingerprint density at radius 1 is 1.00 bits per heavy atom. The first kappa shape index (κ1) is 26.5. The predicted molar refractivity (Wildman–Crippen MR) is 120 cm³/mol. The lowest BCUT2D eigenvalue weighted by Gasteiger charge is -2.31. The number of phenolic OH excluding ortho intramolecular Hbond substituents is 1. The number of ether oxygens (including phenoxy) is 2. The molecule has 0 aliphatic carbocycles. The van der Waals surface area contributed by atoms with Gasteiger partial charge in [-0.2, -0.15) is 0 Å². The van der Waals surface area contributed by atoms with Gasteiger partial charge in [-0.1, -0.05) is 27.2 Å². The van der Waals surface area contributed by atoms with Gasteiger partial charge >= 0.3 is 11.9 Å². The smallest absolute Gasteiger partial charge is 0.311 e. The summed E-state index contributed by atoms with van der Waals surface area (Å²) in [5.74, 6) is -0.757. The van der Waals surface area contributed by atoms with Crippen molar-refractivity contribution >= 4 is 23.5 Å². The summed E-state index contributed by atoms with van der Waals surface area (Å²) in [4.78, 5) is 37.1. The van der Waals surface area contributed by atoms with Crippen LogP contribution in [0.1, 0.15) is 66.2 Å². The van der Waals surface area contributed by atoms with Gasteiger partial charge in [0.1, 0.15) is 5.75 Å². The maximum atomic E-state index is 12.8. The highest BCUT2D eigenvalue weighted by Gasteiger charge is 2.38. The third-order valence-electron chi connectivity index (χ3n) is 6.03. The Kier molecular flexibility index (Phi) is 10.0. The molecular weight excluding hydrogens is 398 g/mol. The number of benzene rings is 1. The first-order valence-corrected chi connectivity index (χ1v) is 10.8. The van der Waals surface area contributed by atoms with E-state index in [-0.39, 0.29) is 29.5 Å². The molecule has 1 amide bonds. The second-order valence-corrected chi connectivity index (χ2v) is 8.96. The summed E-state index contributed by atoms with van der Waals surface area (Å²) in [6.07, 6.45) is 3.52. The van der Waals surface area contributed by atoms with Crippen LogP contribution in [0, 0.1) is 16.7 Å². The molecule has 0 aliphatic rings. The zero-order valence-corrected chi connectivity index (χ0v) is 19.6. The van der Waals surface area contributed by atoms with Crippen LogP contribution in [0.2, 0.25) is 0 Å². The van der Waals surface area contributed by atoms with Crippen molar-refractivity contribution in [2.75, 3.05) is 19.5 Å². The highest BCUT2D eigenvalue weighted by atomic mass is 16.5. The normalized spacial score (nSPS) is 14.3. The van der Waals surface area contributed by atoms with Gasteiger partial charge in [-0.3, -0.25) is 14.4 Å². The molecule has 0 bridgehead atoms. The van der Waals surface area contributed by atoms with Crippen LogP contribution >= 0.6 is 0 Å². The summed E-state index contributed by atoms with van der Waals surface area (Å²) < 4.78 is 9.89. The molecule has 31 heavy (non-hydrogen) atoms. The second kappa shape index (κ2) is 11.7. The monoisotopic (exact) mass is 435 g/mol. The van der Waals surface area contributed by atoms with E-state index in [1.807, 2.05) is 27.7 Å². The molecule has 0 aliphatic heterocycles. The average Bonchev–Trinajstić information content (AvgIpc) is 2.75. The number of carbonyl (C=O) groups is 3. The third-order valence-corrected chi connectivity index (χ3v) is 6.03. The number of aromatic hydroxyl groups is 1. The molecule has 0 heterocycles. The Morgan fingerprint density at radius 3 is 2.13 bits per heavy atom. The van der Waals surface area contributed by atoms with Crippen molar-refractivity contribution in [1.82, 2.24) is 0 Å². The number of rotatable bonds is 12. The number of hydrogen-bond donors (Lipinski definition) is 2. The maximum Gasteiger partial charge on any atom is 0.311 e. The third kappa shape index (κ3) is 7.89. The number of carbonyl (C=O) groups excluding carboxylic acids is 3. The van der Waals surface area contributed by atoms with Gasteiger partial charge in [-0.25, -0.2) is 0 Å². The van der Waals surface area contributed by atoms with Crippen LogP contribution in [-0.4, -0.2) is 37.2 Å². The number of hydrogen-bond acceptors (Lipinski definition) is 6. The summed E-state index contributed by atoms with van der Waals surface area (Å²) in [6, 6.07) is 6.28. The zero-order valence-electron chi connectivity index (χ0n) is 19.6. The lowest BCUT2D eigenvalue weighted by atomic mass is 9.74. The maximum absolute atomic E-state index is 12.8. The van der Waals surface area contributed by atoms with Crippen LogP contribution < -0.4 is 5.32 Å². The average molecular weight is 436 g/mol.